The first-order chi connectivity index (χ1) is 12.8. The molecule has 27 heavy (non-hydrogen) atoms. The number of carbonyl (C=O) groups excluding carboxylic acids is 2. The third-order valence-corrected chi connectivity index (χ3v) is 4.35. The van der Waals surface area contributed by atoms with Crippen molar-refractivity contribution >= 4 is 23.7 Å². The molecule has 1 saturated heterocycles. The molecule has 1 aromatic heterocycles. The van der Waals surface area contributed by atoms with Gasteiger partial charge in [0.1, 0.15) is 12.4 Å². The van der Waals surface area contributed by atoms with Crippen molar-refractivity contribution in [2.24, 2.45) is 5.73 Å². The van der Waals surface area contributed by atoms with Crippen molar-refractivity contribution in [1.29, 1.82) is 0 Å². The van der Waals surface area contributed by atoms with Crippen molar-refractivity contribution in [2.75, 3.05) is 11.9 Å². The number of likely N-dealkylation sites (N-methyl/N-ethyl adjacent to an activating group) is 1. The van der Waals surface area contributed by atoms with Gasteiger partial charge in [-0.05, 0) is 18.2 Å². The second-order valence-electron chi connectivity index (χ2n) is 5.88. The molecule has 140 valence electrons. The quantitative estimate of drug-likeness (QED) is 0.710. The van der Waals surface area contributed by atoms with Gasteiger partial charge in [0.05, 0.1) is 0 Å². The second kappa shape index (κ2) is 6.57. The number of rotatable bonds is 3. The Kier molecular flexibility index (Phi) is 4.42. The van der Waals surface area contributed by atoms with E-state index in [1.54, 1.807) is 30.3 Å². The van der Waals surface area contributed by atoms with Crippen molar-refractivity contribution < 1.29 is 23.9 Å². The number of carbonyl (C=O) groups is 3. The summed E-state index contributed by atoms with van der Waals surface area (Å²) in [4.78, 5) is 50.4. The van der Waals surface area contributed by atoms with E-state index < -0.39 is 35.4 Å². The first kappa shape index (κ1) is 18.1. The number of nitrogens with zero attached hydrogens (tertiary/aromatic N) is 2. The molecule has 10 nitrogen and oxygen atoms in total. The molecule has 1 aliphatic rings. The molecule has 0 saturated carbocycles. The second-order valence-corrected chi connectivity index (χ2v) is 5.88. The molecule has 4 N–H and O–H groups in total. The number of para-hydroxylation sites is 1. The lowest BCUT2D eigenvalue weighted by molar-refractivity contribution is -0.137. The lowest BCUT2D eigenvalue weighted by atomic mass is 9.84. The Bertz CT molecular complexity index is 939. The molecule has 3 rings (SSSR count). The number of hydrogen-bond acceptors (Lipinski definition) is 6. The summed E-state index contributed by atoms with van der Waals surface area (Å²) >= 11 is 0. The van der Waals surface area contributed by atoms with Gasteiger partial charge < -0.3 is 15.3 Å². The summed E-state index contributed by atoms with van der Waals surface area (Å²) in [6, 6.07) is 9.79. The number of nitrogens with two attached hydrogens (primary N) is 1. The van der Waals surface area contributed by atoms with Crippen LogP contribution in [0.3, 0.4) is 0 Å². The SMILES string of the molecule is CN1C(=O)N(c2ccccc2)C(N)C(NC(=O)O)(c2ccc(=O)oc2)C1=O. The fraction of sp³-hybridized carbons (Fsp3) is 0.176. The Morgan fingerprint density at radius 3 is 2.41 bits per heavy atom. The molecule has 0 radical (unpaired) electrons. The topological polar surface area (TPSA) is 146 Å². The zero-order valence-electron chi connectivity index (χ0n) is 14.2. The third-order valence-electron chi connectivity index (χ3n) is 4.35. The Hall–Kier alpha value is -3.66. The van der Waals surface area contributed by atoms with Gasteiger partial charge in [-0.1, -0.05) is 18.2 Å². The molecule has 0 spiro atoms. The molecule has 0 aliphatic carbocycles. The summed E-state index contributed by atoms with van der Waals surface area (Å²) in [6.07, 6.45) is -2.04. The van der Waals surface area contributed by atoms with E-state index in [0.717, 1.165) is 22.1 Å². The van der Waals surface area contributed by atoms with E-state index in [2.05, 4.69) is 5.32 Å². The molecule has 10 heteroatoms. The maximum Gasteiger partial charge on any atom is 0.405 e. The van der Waals surface area contributed by atoms with Crippen LogP contribution in [0.15, 0.2) is 57.9 Å². The van der Waals surface area contributed by atoms with E-state index in [4.69, 9.17) is 10.2 Å². The van der Waals surface area contributed by atoms with Gasteiger partial charge >= 0.3 is 17.7 Å². The van der Waals surface area contributed by atoms with Crippen molar-refractivity contribution in [2.45, 2.75) is 11.7 Å². The van der Waals surface area contributed by atoms with E-state index in [0.29, 0.717) is 5.69 Å². The van der Waals surface area contributed by atoms with Gasteiger partial charge in [-0.3, -0.25) is 19.9 Å². The van der Waals surface area contributed by atoms with Crippen LogP contribution in [0.2, 0.25) is 0 Å². The largest absolute Gasteiger partial charge is 0.465 e. The molecule has 2 aromatic rings. The molecule has 1 aromatic carbocycles. The molecule has 1 fully saturated rings. The zero-order valence-corrected chi connectivity index (χ0v) is 14.2. The monoisotopic (exact) mass is 372 g/mol. The fourth-order valence-electron chi connectivity index (χ4n) is 3.06. The maximum atomic E-state index is 13.0. The lowest BCUT2D eigenvalue weighted by Crippen LogP contribution is -2.76. The van der Waals surface area contributed by atoms with Crippen molar-refractivity contribution in [3.63, 3.8) is 0 Å². The smallest absolute Gasteiger partial charge is 0.405 e. The summed E-state index contributed by atoms with van der Waals surface area (Å²) in [5, 5.41) is 11.5. The summed E-state index contributed by atoms with van der Waals surface area (Å²) in [5.74, 6) is -0.900. The molecule has 4 amide bonds. The molecular weight excluding hydrogens is 356 g/mol. The highest BCUT2D eigenvalue weighted by atomic mass is 16.4. The molecule has 2 atom stereocenters. The van der Waals surface area contributed by atoms with Crippen LogP contribution in [0.25, 0.3) is 0 Å². The van der Waals surface area contributed by atoms with Gasteiger partial charge in [0.25, 0.3) is 5.91 Å². The number of anilines is 1. The van der Waals surface area contributed by atoms with Crippen LogP contribution in [-0.4, -0.2) is 41.3 Å². The van der Waals surface area contributed by atoms with Gasteiger partial charge in [-0.15, -0.1) is 0 Å². The number of hydrogen-bond donors (Lipinski definition) is 3. The highest BCUT2D eigenvalue weighted by Gasteiger charge is 2.58. The van der Waals surface area contributed by atoms with E-state index in [9.17, 15) is 24.3 Å². The van der Waals surface area contributed by atoms with Gasteiger partial charge in [-0.2, -0.15) is 0 Å². The number of nitrogens with one attached hydrogen (secondary N) is 1. The number of benzene rings is 1. The van der Waals surface area contributed by atoms with E-state index in [1.807, 2.05) is 0 Å². The van der Waals surface area contributed by atoms with Crippen molar-refractivity contribution in [3.8, 4) is 0 Å². The Balaban J connectivity index is 2.24. The number of urea groups is 1. The summed E-state index contributed by atoms with van der Waals surface area (Å²) in [6.45, 7) is 0. The minimum absolute atomic E-state index is 0.0118. The fourth-order valence-corrected chi connectivity index (χ4v) is 3.06. The van der Waals surface area contributed by atoms with Gasteiger partial charge in [0.2, 0.25) is 0 Å². The first-order valence-electron chi connectivity index (χ1n) is 7.81. The van der Waals surface area contributed by atoms with E-state index in [-0.39, 0.29) is 5.56 Å². The molecule has 2 unspecified atom stereocenters. The molecule has 1 aliphatic heterocycles. The molecular formula is C17H16N4O6. The predicted octanol–water partition coefficient (Wildman–Crippen LogP) is 0.486. The van der Waals surface area contributed by atoms with Gasteiger partial charge in [-0.25, -0.2) is 14.4 Å². The highest BCUT2D eigenvalue weighted by Crippen LogP contribution is 2.35. The van der Waals surface area contributed by atoms with Crippen LogP contribution in [0, 0.1) is 0 Å². The van der Waals surface area contributed by atoms with Crippen LogP contribution < -0.4 is 21.6 Å². The van der Waals surface area contributed by atoms with E-state index >= 15 is 0 Å². The average molecular weight is 372 g/mol. The number of imide groups is 1. The van der Waals surface area contributed by atoms with Gasteiger partial charge in [0, 0.05) is 24.4 Å². The highest BCUT2D eigenvalue weighted by molar-refractivity contribution is 6.11. The van der Waals surface area contributed by atoms with Crippen LogP contribution in [0.5, 0.6) is 0 Å². The lowest BCUT2D eigenvalue weighted by Gasteiger charge is -2.48. The Morgan fingerprint density at radius 1 is 1.19 bits per heavy atom. The van der Waals surface area contributed by atoms with Crippen molar-refractivity contribution in [1.82, 2.24) is 10.2 Å². The zero-order chi connectivity index (χ0) is 19.8. The van der Waals surface area contributed by atoms with Crippen LogP contribution in [0.4, 0.5) is 15.3 Å². The van der Waals surface area contributed by atoms with E-state index in [1.165, 1.54) is 13.1 Å². The van der Waals surface area contributed by atoms with Crippen LogP contribution in [0.1, 0.15) is 5.56 Å². The average Bonchev–Trinajstić information content (AvgIpc) is 2.65. The summed E-state index contributed by atoms with van der Waals surface area (Å²) in [5.41, 5.74) is 3.84. The minimum Gasteiger partial charge on any atom is -0.465 e. The Morgan fingerprint density at radius 2 is 1.85 bits per heavy atom. The van der Waals surface area contributed by atoms with Crippen LogP contribution in [-0.2, 0) is 10.3 Å². The van der Waals surface area contributed by atoms with Gasteiger partial charge in [0.15, 0.2) is 5.54 Å². The third kappa shape index (κ3) is 2.81. The van der Waals surface area contributed by atoms with Crippen molar-refractivity contribution in [3.05, 3.63) is 64.7 Å². The predicted molar refractivity (Wildman–Crippen MR) is 92.9 cm³/mol. The maximum absolute atomic E-state index is 13.0. The summed E-state index contributed by atoms with van der Waals surface area (Å²) in [7, 11) is 1.21. The number of carboxylic acid groups (broad SMARTS) is 1. The normalized spacial score (nSPS) is 22.7. The number of amides is 4. The first-order valence-corrected chi connectivity index (χ1v) is 7.81. The summed E-state index contributed by atoms with van der Waals surface area (Å²) < 4.78 is 4.80. The molecule has 2 heterocycles. The van der Waals surface area contributed by atoms with Crippen LogP contribution >= 0.6 is 0 Å². The standard InChI is InChI=1S/C17H16N4O6/c1-20-14(23)17(19-15(24)25,10-7-8-12(22)27-9-10)13(18)21(16(20)26)11-5-3-2-4-6-11/h2-9,13,19H,18H2,1H3,(H,24,25). The molecule has 0 bridgehead atoms. The Labute approximate surface area is 152 Å². The minimum atomic E-state index is -2.08.